The molecule has 0 radical (unpaired) electrons. The SMILES string of the molecule is CC(C)N(CCO)C(=O)COc1ccc(CN)cc1. The number of hydrogen-bond donors (Lipinski definition) is 2. The molecule has 0 aliphatic carbocycles. The van der Waals surface area contributed by atoms with Gasteiger partial charge >= 0.3 is 0 Å². The van der Waals surface area contributed by atoms with Crippen molar-refractivity contribution in [1.82, 2.24) is 4.90 Å². The van der Waals surface area contributed by atoms with E-state index in [1.54, 1.807) is 17.0 Å². The van der Waals surface area contributed by atoms with Crippen molar-refractivity contribution in [1.29, 1.82) is 0 Å². The lowest BCUT2D eigenvalue weighted by molar-refractivity contribution is -0.135. The van der Waals surface area contributed by atoms with E-state index in [4.69, 9.17) is 15.6 Å². The number of carbonyl (C=O) groups is 1. The Bertz CT molecular complexity index is 390. The second-order valence-electron chi connectivity index (χ2n) is 4.54. The largest absolute Gasteiger partial charge is 0.484 e. The van der Waals surface area contributed by atoms with Gasteiger partial charge in [0.25, 0.3) is 5.91 Å². The Balaban J connectivity index is 2.52. The number of nitrogens with two attached hydrogens (primary N) is 1. The van der Waals surface area contributed by atoms with E-state index in [2.05, 4.69) is 0 Å². The summed E-state index contributed by atoms with van der Waals surface area (Å²) in [6.07, 6.45) is 0. The standard InChI is InChI=1S/C14H22N2O3/c1-11(2)16(7-8-17)14(18)10-19-13-5-3-12(9-15)4-6-13/h3-6,11,17H,7-10,15H2,1-2H3. The topological polar surface area (TPSA) is 75.8 Å². The maximum absolute atomic E-state index is 11.9. The summed E-state index contributed by atoms with van der Waals surface area (Å²) in [5.41, 5.74) is 6.52. The molecular formula is C14H22N2O3. The fourth-order valence-electron chi connectivity index (χ4n) is 1.73. The van der Waals surface area contributed by atoms with Crippen LogP contribution < -0.4 is 10.5 Å². The maximum atomic E-state index is 11.9. The number of ether oxygens (including phenoxy) is 1. The van der Waals surface area contributed by atoms with Crippen molar-refractivity contribution in [3.05, 3.63) is 29.8 Å². The lowest BCUT2D eigenvalue weighted by Crippen LogP contribution is -2.41. The Labute approximate surface area is 114 Å². The quantitative estimate of drug-likeness (QED) is 0.763. The van der Waals surface area contributed by atoms with Gasteiger partial charge in [0.1, 0.15) is 5.75 Å². The van der Waals surface area contributed by atoms with Crippen molar-refractivity contribution < 1.29 is 14.6 Å². The minimum Gasteiger partial charge on any atom is -0.484 e. The third-order valence-electron chi connectivity index (χ3n) is 2.81. The highest BCUT2D eigenvalue weighted by molar-refractivity contribution is 5.78. The fraction of sp³-hybridized carbons (Fsp3) is 0.500. The molecule has 0 saturated heterocycles. The van der Waals surface area contributed by atoms with Crippen LogP contribution in [0.1, 0.15) is 19.4 Å². The molecule has 5 heteroatoms. The van der Waals surface area contributed by atoms with Gasteiger partial charge in [-0.25, -0.2) is 0 Å². The van der Waals surface area contributed by atoms with Crippen molar-refractivity contribution in [2.75, 3.05) is 19.8 Å². The molecule has 0 aliphatic rings. The molecule has 1 aromatic rings. The van der Waals surface area contributed by atoms with Gasteiger partial charge in [0.2, 0.25) is 0 Å². The summed E-state index contributed by atoms with van der Waals surface area (Å²) in [7, 11) is 0. The third kappa shape index (κ3) is 4.89. The summed E-state index contributed by atoms with van der Waals surface area (Å²) in [4.78, 5) is 13.5. The fourth-order valence-corrected chi connectivity index (χ4v) is 1.73. The predicted octanol–water partition coefficient (Wildman–Crippen LogP) is 0.753. The molecule has 1 aromatic carbocycles. The Morgan fingerprint density at radius 3 is 2.47 bits per heavy atom. The first kappa shape index (κ1) is 15.5. The molecule has 1 rings (SSSR count). The summed E-state index contributed by atoms with van der Waals surface area (Å²) in [6, 6.07) is 7.37. The normalized spacial score (nSPS) is 10.6. The molecule has 3 N–H and O–H groups in total. The van der Waals surface area contributed by atoms with Crippen LogP contribution in [-0.2, 0) is 11.3 Å². The maximum Gasteiger partial charge on any atom is 0.260 e. The van der Waals surface area contributed by atoms with E-state index < -0.39 is 0 Å². The van der Waals surface area contributed by atoms with Crippen LogP contribution in [-0.4, -0.2) is 41.7 Å². The van der Waals surface area contributed by atoms with Crippen LogP contribution >= 0.6 is 0 Å². The van der Waals surface area contributed by atoms with Crippen molar-refractivity contribution >= 4 is 5.91 Å². The Morgan fingerprint density at radius 1 is 1.37 bits per heavy atom. The number of amides is 1. The molecule has 0 atom stereocenters. The van der Waals surface area contributed by atoms with Gasteiger partial charge in [-0.15, -0.1) is 0 Å². The number of aliphatic hydroxyl groups is 1. The number of rotatable bonds is 7. The van der Waals surface area contributed by atoms with Gasteiger partial charge in [-0.3, -0.25) is 4.79 Å². The Kier molecular flexibility index (Phi) is 6.32. The number of nitrogens with zero attached hydrogens (tertiary/aromatic N) is 1. The molecule has 1 amide bonds. The first-order chi connectivity index (χ1) is 9.08. The van der Waals surface area contributed by atoms with Crippen LogP contribution in [0.4, 0.5) is 0 Å². The summed E-state index contributed by atoms with van der Waals surface area (Å²) in [5, 5.41) is 8.93. The number of carbonyl (C=O) groups excluding carboxylic acids is 1. The molecule has 19 heavy (non-hydrogen) atoms. The molecule has 5 nitrogen and oxygen atoms in total. The van der Waals surface area contributed by atoms with Gasteiger partial charge in [-0.1, -0.05) is 12.1 Å². The summed E-state index contributed by atoms with van der Waals surface area (Å²) < 4.78 is 5.43. The van der Waals surface area contributed by atoms with Crippen LogP contribution in [0, 0.1) is 0 Å². The zero-order valence-corrected chi connectivity index (χ0v) is 11.5. The molecule has 0 aliphatic heterocycles. The highest BCUT2D eigenvalue weighted by Crippen LogP contribution is 2.12. The van der Waals surface area contributed by atoms with Gasteiger partial charge < -0.3 is 20.5 Å². The molecule has 0 spiro atoms. The number of benzene rings is 1. The van der Waals surface area contributed by atoms with Gasteiger partial charge in [-0.2, -0.15) is 0 Å². The van der Waals surface area contributed by atoms with Crippen molar-refractivity contribution in [2.24, 2.45) is 5.73 Å². The second-order valence-corrected chi connectivity index (χ2v) is 4.54. The summed E-state index contributed by atoms with van der Waals surface area (Å²) in [5.74, 6) is 0.505. The average Bonchev–Trinajstić information content (AvgIpc) is 2.42. The number of aliphatic hydroxyl groups excluding tert-OH is 1. The molecule has 0 bridgehead atoms. The number of hydrogen-bond acceptors (Lipinski definition) is 4. The van der Waals surface area contributed by atoms with E-state index in [1.165, 1.54) is 0 Å². The van der Waals surface area contributed by atoms with Crippen molar-refractivity contribution in [2.45, 2.75) is 26.4 Å². The van der Waals surface area contributed by atoms with Gasteiger partial charge in [0, 0.05) is 19.1 Å². The van der Waals surface area contributed by atoms with Crippen LogP contribution in [0.3, 0.4) is 0 Å². The summed E-state index contributed by atoms with van der Waals surface area (Å²) in [6.45, 7) is 4.55. The van der Waals surface area contributed by atoms with E-state index in [0.717, 1.165) is 5.56 Å². The lowest BCUT2D eigenvalue weighted by atomic mass is 10.2. The minimum atomic E-state index is -0.132. The van der Waals surface area contributed by atoms with Crippen LogP contribution in [0.5, 0.6) is 5.75 Å². The van der Waals surface area contributed by atoms with Crippen LogP contribution in [0.2, 0.25) is 0 Å². The van der Waals surface area contributed by atoms with E-state index in [-0.39, 0.29) is 25.2 Å². The van der Waals surface area contributed by atoms with E-state index in [9.17, 15) is 4.79 Å². The van der Waals surface area contributed by atoms with Gasteiger partial charge in [0.15, 0.2) is 6.61 Å². The zero-order chi connectivity index (χ0) is 14.3. The predicted molar refractivity (Wildman–Crippen MR) is 73.8 cm³/mol. The molecule has 0 unspecified atom stereocenters. The Hall–Kier alpha value is -1.59. The van der Waals surface area contributed by atoms with Crippen molar-refractivity contribution in [3.63, 3.8) is 0 Å². The van der Waals surface area contributed by atoms with Gasteiger partial charge in [-0.05, 0) is 31.5 Å². The highest BCUT2D eigenvalue weighted by atomic mass is 16.5. The zero-order valence-electron chi connectivity index (χ0n) is 11.5. The van der Waals surface area contributed by atoms with Crippen LogP contribution in [0.25, 0.3) is 0 Å². The monoisotopic (exact) mass is 266 g/mol. The average molecular weight is 266 g/mol. The second kappa shape index (κ2) is 7.76. The van der Waals surface area contributed by atoms with Crippen LogP contribution in [0.15, 0.2) is 24.3 Å². The van der Waals surface area contributed by atoms with E-state index in [0.29, 0.717) is 18.8 Å². The van der Waals surface area contributed by atoms with Gasteiger partial charge in [0.05, 0.1) is 6.61 Å². The third-order valence-corrected chi connectivity index (χ3v) is 2.81. The molecule has 0 saturated carbocycles. The lowest BCUT2D eigenvalue weighted by Gasteiger charge is -2.25. The first-order valence-electron chi connectivity index (χ1n) is 6.40. The molecule has 106 valence electrons. The Morgan fingerprint density at radius 2 is 2.00 bits per heavy atom. The molecule has 0 fully saturated rings. The van der Waals surface area contributed by atoms with E-state index >= 15 is 0 Å². The smallest absolute Gasteiger partial charge is 0.260 e. The molecule has 0 heterocycles. The first-order valence-corrected chi connectivity index (χ1v) is 6.40. The van der Waals surface area contributed by atoms with E-state index in [1.807, 2.05) is 26.0 Å². The summed E-state index contributed by atoms with van der Waals surface area (Å²) >= 11 is 0. The minimum absolute atomic E-state index is 0.0276. The highest BCUT2D eigenvalue weighted by Gasteiger charge is 2.16. The van der Waals surface area contributed by atoms with Crippen molar-refractivity contribution in [3.8, 4) is 5.75 Å². The molecular weight excluding hydrogens is 244 g/mol. The molecule has 0 aromatic heterocycles.